The molecule has 1 atom stereocenters. The summed E-state index contributed by atoms with van der Waals surface area (Å²) in [7, 11) is -3.46. The van der Waals surface area contributed by atoms with Crippen molar-refractivity contribution in [3.8, 4) is 0 Å². The summed E-state index contributed by atoms with van der Waals surface area (Å²) in [6.07, 6.45) is 5.00. The molecule has 1 aromatic heterocycles. The second-order valence-corrected chi connectivity index (χ2v) is 8.55. The molecule has 4 rings (SSSR count). The largest absolute Gasteiger partial charge is 0.248 e. The van der Waals surface area contributed by atoms with Gasteiger partial charge in [0.1, 0.15) is 5.82 Å². The van der Waals surface area contributed by atoms with Crippen molar-refractivity contribution in [1.29, 1.82) is 0 Å². The molecule has 128 valence electrons. The van der Waals surface area contributed by atoms with Gasteiger partial charge in [-0.05, 0) is 37.0 Å². The third-order valence-electron chi connectivity index (χ3n) is 4.66. The van der Waals surface area contributed by atoms with Gasteiger partial charge in [0.2, 0.25) is 10.0 Å². The molecule has 0 radical (unpaired) electrons. The second kappa shape index (κ2) is 5.93. The maximum Gasteiger partial charge on any atom is 0.218 e. The molecule has 1 aromatic carbocycles. The van der Waals surface area contributed by atoms with E-state index in [0.29, 0.717) is 24.6 Å². The first-order valence-electron chi connectivity index (χ1n) is 8.15. The van der Waals surface area contributed by atoms with Crippen molar-refractivity contribution in [2.45, 2.75) is 37.0 Å². The first kappa shape index (κ1) is 15.7. The first-order chi connectivity index (χ1) is 11.5. The summed E-state index contributed by atoms with van der Waals surface area (Å²) in [5.41, 5.74) is 1.48. The Balaban J connectivity index is 1.44. The smallest absolute Gasteiger partial charge is 0.218 e. The monoisotopic (exact) mass is 350 g/mol. The van der Waals surface area contributed by atoms with Crippen LogP contribution in [0.15, 0.2) is 30.5 Å². The predicted octanol–water partition coefficient (Wildman–Crippen LogP) is 2.07. The van der Waals surface area contributed by atoms with Gasteiger partial charge in [0.05, 0.1) is 17.5 Å². The Morgan fingerprint density at radius 3 is 2.83 bits per heavy atom. The second-order valence-electron chi connectivity index (χ2n) is 6.58. The number of hydrogen-bond donors (Lipinski definition) is 0. The van der Waals surface area contributed by atoms with Crippen molar-refractivity contribution >= 4 is 10.0 Å². The van der Waals surface area contributed by atoms with E-state index in [-0.39, 0.29) is 11.8 Å². The zero-order valence-electron chi connectivity index (χ0n) is 13.2. The molecule has 2 fully saturated rings. The van der Waals surface area contributed by atoms with Crippen LogP contribution in [0.1, 0.15) is 42.5 Å². The molecule has 2 heterocycles. The van der Waals surface area contributed by atoms with Gasteiger partial charge in [0.25, 0.3) is 0 Å². The van der Waals surface area contributed by atoms with Gasteiger partial charge in [-0.15, -0.1) is 5.10 Å². The molecule has 1 saturated carbocycles. The maximum atomic E-state index is 13.2. The third-order valence-corrected chi connectivity index (χ3v) is 6.47. The predicted molar refractivity (Wildman–Crippen MR) is 86.2 cm³/mol. The van der Waals surface area contributed by atoms with Gasteiger partial charge in [0, 0.05) is 25.2 Å². The molecular formula is C16H19FN4O2S. The van der Waals surface area contributed by atoms with E-state index in [1.54, 1.807) is 10.7 Å². The highest BCUT2D eigenvalue weighted by atomic mass is 32.2. The molecule has 24 heavy (non-hydrogen) atoms. The average molecular weight is 350 g/mol. The Bertz CT molecular complexity index is 847. The number of aromatic nitrogens is 3. The van der Waals surface area contributed by atoms with Crippen LogP contribution in [0.25, 0.3) is 0 Å². The van der Waals surface area contributed by atoms with Crippen LogP contribution in [0.5, 0.6) is 0 Å². The van der Waals surface area contributed by atoms with Crippen LogP contribution >= 0.6 is 0 Å². The summed E-state index contributed by atoms with van der Waals surface area (Å²) in [6.45, 7) is 0.853. The molecule has 1 aliphatic carbocycles. The van der Waals surface area contributed by atoms with Crippen LogP contribution in [0.3, 0.4) is 0 Å². The number of hydrogen-bond acceptors (Lipinski definition) is 4. The third kappa shape index (κ3) is 3.21. The minimum atomic E-state index is -3.46. The number of benzene rings is 1. The lowest BCUT2D eigenvalue weighted by Gasteiger charge is -2.16. The minimum Gasteiger partial charge on any atom is -0.248 e. The Kier molecular flexibility index (Phi) is 3.88. The van der Waals surface area contributed by atoms with Gasteiger partial charge in [-0.3, -0.25) is 0 Å². The highest BCUT2D eigenvalue weighted by Gasteiger charge is 2.34. The normalized spacial score (nSPS) is 22.1. The Morgan fingerprint density at radius 1 is 1.25 bits per heavy atom. The maximum absolute atomic E-state index is 13.2. The van der Waals surface area contributed by atoms with E-state index in [1.807, 2.05) is 6.20 Å². The number of rotatable bonds is 5. The Hall–Kier alpha value is -1.80. The zero-order chi connectivity index (χ0) is 16.7. The van der Waals surface area contributed by atoms with E-state index in [4.69, 9.17) is 0 Å². The lowest BCUT2D eigenvalue weighted by Crippen LogP contribution is -2.30. The van der Waals surface area contributed by atoms with Crippen LogP contribution < -0.4 is 0 Å². The average Bonchev–Trinajstić information content (AvgIpc) is 3.07. The molecule has 0 N–H and O–H groups in total. The van der Waals surface area contributed by atoms with Crippen molar-refractivity contribution in [2.75, 3.05) is 13.1 Å². The minimum absolute atomic E-state index is 0.0206. The van der Waals surface area contributed by atoms with E-state index in [1.165, 1.54) is 22.5 Å². The summed E-state index contributed by atoms with van der Waals surface area (Å²) in [6, 6.07) is 5.76. The van der Waals surface area contributed by atoms with E-state index >= 15 is 0 Å². The van der Waals surface area contributed by atoms with Crippen LogP contribution in [0.2, 0.25) is 0 Å². The highest BCUT2D eigenvalue weighted by molar-refractivity contribution is 7.88. The molecule has 1 unspecified atom stereocenters. The lowest BCUT2D eigenvalue weighted by molar-refractivity contribution is 0.428. The molecule has 0 spiro atoms. The number of nitrogens with zero attached hydrogens (tertiary/aromatic N) is 4. The van der Waals surface area contributed by atoms with Gasteiger partial charge >= 0.3 is 0 Å². The fraction of sp³-hybridized carbons (Fsp3) is 0.500. The summed E-state index contributed by atoms with van der Waals surface area (Å²) >= 11 is 0. The zero-order valence-corrected chi connectivity index (χ0v) is 14.0. The van der Waals surface area contributed by atoms with E-state index in [2.05, 4.69) is 10.3 Å². The van der Waals surface area contributed by atoms with E-state index < -0.39 is 15.8 Å². The summed E-state index contributed by atoms with van der Waals surface area (Å²) in [4.78, 5) is 0. The van der Waals surface area contributed by atoms with Crippen molar-refractivity contribution < 1.29 is 12.8 Å². The molecule has 1 saturated heterocycles. The van der Waals surface area contributed by atoms with Crippen molar-refractivity contribution in [3.63, 3.8) is 0 Å². The fourth-order valence-electron chi connectivity index (χ4n) is 3.14. The van der Waals surface area contributed by atoms with E-state index in [0.717, 1.165) is 25.0 Å². The van der Waals surface area contributed by atoms with Gasteiger partial charge in [0.15, 0.2) is 0 Å². The molecule has 2 aromatic rings. The summed E-state index contributed by atoms with van der Waals surface area (Å²) in [5, 5.41) is 8.36. The molecule has 2 aliphatic rings. The number of sulfonamides is 1. The molecular weight excluding hydrogens is 331 g/mol. The van der Waals surface area contributed by atoms with Gasteiger partial charge in [-0.25, -0.2) is 17.5 Å². The fourth-order valence-corrected chi connectivity index (χ4v) is 4.71. The molecule has 1 aliphatic heterocycles. The van der Waals surface area contributed by atoms with Crippen LogP contribution in [-0.4, -0.2) is 40.8 Å². The van der Waals surface area contributed by atoms with Crippen molar-refractivity contribution in [1.82, 2.24) is 19.3 Å². The first-order valence-corrected chi connectivity index (χ1v) is 9.76. The Morgan fingerprint density at radius 2 is 2.08 bits per heavy atom. The van der Waals surface area contributed by atoms with Crippen molar-refractivity contribution in [2.24, 2.45) is 0 Å². The SMILES string of the molecule is O=S(=O)(Cc1cccc(F)c1)N1CCC(n2cc(C3CC3)nn2)C1. The van der Waals surface area contributed by atoms with E-state index in [9.17, 15) is 12.8 Å². The lowest BCUT2D eigenvalue weighted by atomic mass is 10.2. The van der Waals surface area contributed by atoms with Crippen molar-refractivity contribution in [3.05, 3.63) is 47.5 Å². The molecule has 8 heteroatoms. The summed E-state index contributed by atoms with van der Waals surface area (Å²) < 4.78 is 41.7. The van der Waals surface area contributed by atoms with Crippen LogP contribution in [-0.2, 0) is 15.8 Å². The topological polar surface area (TPSA) is 68.1 Å². The molecule has 6 nitrogen and oxygen atoms in total. The molecule has 0 amide bonds. The van der Waals surface area contributed by atoms with Gasteiger partial charge in [-0.2, -0.15) is 4.31 Å². The highest BCUT2D eigenvalue weighted by Crippen LogP contribution is 2.39. The summed E-state index contributed by atoms with van der Waals surface area (Å²) in [5.74, 6) is -0.0625. The van der Waals surface area contributed by atoms with Crippen LogP contribution in [0, 0.1) is 5.82 Å². The van der Waals surface area contributed by atoms with Crippen LogP contribution in [0.4, 0.5) is 4.39 Å². The Labute approximate surface area is 140 Å². The molecule has 0 bridgehead atoms. The number of halogens is 1. The van der Waals surface area contributed by atoms with Gasteiger partial charge in [-0.1, -0.05) is 17.3 Å². The quantitative estimate of drug-likeness (QED) is 0.828. The standard InChI is InChI=1S/C16H19FN4O2S/c17-14-3-1-2-12(8-14)11-24(22,23)20-7-6-15(9-20)21-10-16(18-19-21)13-4-5-13/h1-3,8,10,13,15H,4-7,9,11H2. The van der Waals surface area contributed by atoms with Gasteiger partial charge < -0.3 is 0 Å².